The Hall–Kier alpha value is -4.06. The molecule has 3 heterocycles. The fourth-order valence-corrected chi connectivity index (χ4v) is 4.30. The zero-order valence-corrected chi connectivity index (χ0v) is 18.1. The summed E-state index contributed by atoms with van der Waals surface area (Å²) in [5.74, 6) is -0.114. The molecule has 0 bridgehead atoms. The molecule has 1 N–H and O–H groups in total. The Labute approximate surface area is 192 Å². The minimum atomic E-state index is -0.102. The van der Waals surface area contributed by atoms with Gasteiger partial charge in [0.2, 0.25) is 5.91 Å². The first kappa shape index (κ1) is 20.8. The van der Waals surface area contributed by atoms with Crippen LogP contribution in [0.5, 0.6) is 0 Å². The van der Waals surface area contributed by atoms with Crippen molar-refractivity contribution in [1.29, 1.82) is 0 Å². The number of nitrogens with zero attached hydrogens (tertiary/aromatic N) is 3. The number of hydrogen-bond donors (Lipinski definition) is 1. The smallest absolute Gasteiger partial charge is 0.254 e. The van der Waals surface area contributed by atoms with Crippen molar-refractivity contribution in [2.45, 2.75) is 12.8 Å². The van der Waals surface area contributed by atoms with Crippen LogP contribution in [0.2, 0.25) is 0 Å². The quantitative estimate of drug-likeness (QED) is 0.499. The molecule has 0 aliphatic carbocycles. The van der Waals surface area contributed by atoms with Crippen LogP contribution in [0, 0.1) is 5.92 Å². The largest absolute Gasteiger partial charge is 0.339 e. The van der Waals surface area contributed by atoms with E-state index >= 15 is 0 Å². The molecule has 0 radical (unpaired) electrons. The van der Waals surface area contributed by atoms with E-state index in [0.29, 0.717) is 31.5 Å². The number of benzene rings is 2. The maximum Gasteiger partial charge on any atom is 0.254 e. The second-order valence-electron chi connectivity index (χ2n) is 8.24. The number of rotatable bonds is 4. The lowest BCUT2D eigenvalue weighted by atomic mass is 9.94. The molecule has 5 rings (SSSR count). The zero-order chi connectivity index (χ0) is 22.6. The SMILES string of the molecule is O=C(Nc1ccccc1)C1CCN(C(=O)c2cc(-c3cccnc3)nc3ccccc23)CC1. The van der Waals surface area contributed by atoms with Crippen LogP contribution in [0.25, 0.3) is 22.2 Å². The van der Waals surface area contributed by atoms with Gasteiger partial charge in [-0.25, -0.2) is 4.98 Å². The van der Waals surface area contributed by atoms with E-state index in [9.17, 15) is 9.59 Å². The average Bonchev–Trinajstić information content (AvgIpc) is 2.89. The third-order valence-electron chi connectivity index (χ3n) is 6.10. The van der Waals surface area contributed by atoms with Crippen LogP contribution in [0.3, 0.4) is 0 Å². The Morgan fingerprint density at radius 2 is 1.67 bits per heavy atom. The predicted molar refractivity (Wildman–Crippen MR) is 129 cm³/mol. The molecular formula is C27H24N4O2. The van der Waals surface area contributed by atoms with Crippen LogP contribution in [0.15, 0.2) is 85.2 Å². The molecule has 2 amide bonds. The van der Waals surface area contributed by atoms with Gasteiger partial charge in [0.25, 0.3) is 5.91 Å². The van der Waals surface area contributed by atoms with Gasteiger partial charge in [0.1, 0.15) is 0 Å². The van der Waals surface area contributed by atoms with Gasteiger partial charge in [-0.2, -0.15) is 0 Å². The molecule has 4 aromatic rings. The Kier molecular flexibility index (Phi) is 5.81. The number of fused-ring (bicyclic) bond motifs is 1. The highest BCUT2D eigenvalue weighted by atomic mass is 16.2. The molecule has 164 valence electrons. The first-order valence-electron chi connectivity index (χ1n) is 11.1. The molecule has 6 nitrogen and oxygen atoms in total. The molecule has 1 fully saturated rings. The summed E-state index contributed by atoms with van der Waals surface area (Å²) in [6.45, 7) is 1.09. The van der Waals surface area contributed by atoms with Gasteiger partial charge in [-0.1, -0.05) is 36.4 Å². The Bertz CT molecular complexity index is 1280. The van der Waals surface area contributed by atoms with Crippen molar-refractivity contribution in [3.63, 3.8) is 0 Å². The topological polar surface area (TPSA) is 75.2 Å². The summed E-state index contributed by atoms with van der Waals surface area (Å²) in [7, 11) is 0. The van der Waals surface area contributed by atoms with Crippen molar-refractivity contribution in [3.05, 3.63) is 90.8 Å². The first-order valence-corrected chi connectivity index (χ1v) is 11.1. The maximum atomic E-state index is 13.5. The van der Waals surface area contributed by atoms with E-state index < -0.39 is 0 Å². The van der Waals surface area contributed by atoms with E-state index in [4.69, 9.17) is 4.98 Å². The van der Waals surface area contributed by atoms with Gasteiger partial charge in [-0.3, -0.25) is 14.6 Å². The second-order valence-corrected chi connectivity index (χ2v) is 8.24. The molecule has 1 aliphatic rings. The molecule has 1 aliphatic heterocycles. The summed E-state index contributed by atoms with van der Waals surface area (Å²) >= 11 is 0. The molecular weight excluding hydrogens is 412 g/mol. The van der Waals surface area contributed by atoms with Gasteiger partial charge in [-0.15, -0.1) is 0 Å². The molecule has 0 spiro atoms. The third kappa shape index (κ3) is 4.46. The lowest BCUT2D eigenvalue weighted by Gasteiger charge is -2.31. The van der Waals surface area contributed by atoms with E-state index in [1.54, 1.807) is 12.4 Å². The molecule has 6 heteroatoms. The highest BCUT2D eigenvalue weighted by Crippen LogP contribution is 2.27. The highest BCUT2D eigenvalue weighted by Gasteiger charge is 2.29. The molecule has 1 saturated heterocycles. The van der Waals surface area contributed by atoms with E-state index in [-0.39, 0.29) is 17.7 Å². The van der Waals surface area contributed by atoms with Crippen molar-refractivity contribution in [3.8, 4) is 11.3 Å². The van der Waals surface area contributed by atoms with Crippen molar-refractivity contribution < 1.29 is 9.59 Å². The lowest BCUT2D eigenvalue weighted by Crippen LogP contribution is -2.41. The first-order chi connectivity index (χ1) is 16.2. The van der Waals surface area contributed by atoms with E-state index in [1.165, 1.54) is 0 Å². The molecule has 0 unspecified atom stereocenters. The van der Waals surface area contributed by atoms with Crippen molar-refractivity contribution in [1.82, 2.24) is 14.9 Å². The Morgan fingerprint density at radius 3 is 2.42 bits per heavy atom. The molecule has 0 atom stereocenters. The van der Waals surface area contributed by atoms with Crippen molar-refractivity contribution in [2.24, 2.45) is 5.92 Å². The Balaban J connectivity index is 1.35. The highest BCUT2D eigenvalue weighted by molar-refractivity contribution is 6.07. The normalized spacial score (nSPS) is 14.2. The minimum absolute atomic E-state index is 0.0153. The summed E-state index contributed by atoms with van der Waals surface area (Å²) in [5, 5.41) is 3.81. The zero-order valence-electron chi connectivity index (χ0n) is 18.1. The summed E-state index contributed by atoms with van der Waals surface area (Å²) < 4.78 is 0. The number of piperidine rings is 1. The number of pyridine rings is 2. The number of nitrogens with one attached hydrogen (secondary N) is 1. The van der Waals surface area contributed by atoms with Crippen LogP contribution in [-0.4, -0.2) is 39.8 Å². The number of para-hydroxylation sites is 2. The number of hydrogen-bond acceptors (Lipinski definition) is 4. The van der Waals surface area contributed by atoms with Crippen LogP contribution in [0.1, 0.15) is 23.2 Å². The van der Waals surface area contributed by atoms with Crippen LogP contribution < -0.4 is 5.32 Å². The number of anilines is 1. The standard InChI is InChI=1S/C27H24N4O2/c32-26(29-21-8-2-1-3-9-21)19-12-15-31(16-13-19)27(33)23-17-25(20-7-6-14-28-18-20)30-24-11-5-4-10-22(23)24/h1-11,14,17-19H,12-13,15-16H2,(H,29,32). The van der Waals surface area contributed by atoms with Gasteiger partial charge in [0.05, 0.1) is 16.8 Å². The molecule has 33 heavy (non-hydrogen) atoms. The average molecular weight is 437 g/mol. The van der Waals surface area contributed by atoms with Crippen LogP contribution in [-0.2, 0) is 4.79 Å². The van der Waals surface area contributed by atoms with Gasteiger partial charge in [-0.05, 0) is 49.2 Å². The van der Waals surface area contributed by atoms with Crippen LogP contribution >= 0.6 is 0 Å². The number of likely N-dealkylation sites (tertiary alicyclic amines) is 1. The number of amides is 2. The van der Waals surface area contributed by atoms with E-state index in [2.05, 4.69) is 10.3 Å². The summed E-state index contributed by atoms with van der Waals surface area (Å²) in [6, 6.07) is 22.8. The fraction of sp³-hybridized carbons (Fsp3) is 0.185. The summed E-state index contributed by atoms with van der Waals surface area (Å²) in [5.41, 5.74) is 3.80. The van der Waals surface area contributed by atoms with E-state index in [1.807, 2.05) is 77.7 Å². The fourth-order valence-electron chi connectivity index (χ4n) is 4.30. The van der Waals surface area contributed by atoms with Crippen molar-refractivity contribution >= 4 is 28.4 Å². The molecule has 2 aromatic carbocycles. The second kappa shape index (κ2) is 9.20. The summed E-state index contributed by atoms with van der Waals surface area (Å²) in [6.07, 6.45) is 4.75. The maximum absolute atomic E-state index is 13.5. The van der Waals surface area contributed by atoms with Gasteiger partial charge >= 0.3 is 0 Å². The van der Waals surface area contributed by atoms with Crippen molar-refractivity contribution in [2.75, 3.05) is 18.4 Å². The number of aromatic nitrogens is 2. The number of carbonyl (C=O) groups excluding carboxylic acids is 2. The molecule has 2 aromatic heterocycles. The van der Waals surface area contributed by atoms with Gasteiger partial charge in [0.15, 0.2) is 0 Å². The van der Waals surface area contributed by atoms with Gasteiger partial charge in [0, 0.05) is 48.0 Å². The van der Waals surface area contributed by atoms with Gasteiger partial charge < -0.3 is 10.2 Å². The lowest BCUT2D eigenvalue weighted by molar-refractivity contribution is -0.121. The molecule has 0 saturated carbocycles. The van der Waals surface area contributed by atoms with Crippen LogP contribution in [0.4, 0.5) is 5.69 Å². The number of carbonyl (C=O) groups is 2. The van der Waals surface area contributed by atoms with E-state index in [0.717, 1.165) is 27.8 Å². The Morgan fingerprint density at radius 1 is 0.909 bits per heavy atom. The predicted octanol–water partition coefficient (Wildman–Crippen LogP) is 4.79. The third-order valence-corrected chi connectivity index (χ3v) is 6.10. The monoisotopic (exact) mass is 436 g/mol. The minimum Gasteiger partial charge on any atom is -0.339 e. The summed E-state index contributed by atoms with van der Waals surface area (Å²) in [4.78, 5) is 37.0.